The van der Waals surface area contributed by atoms with Gasteiger partial charge in [-0.05, 0) is 6.07 Å². The van der Waals surface area contributed by atoms with Gasteiger partial charge in [-0.2, -0.15) is 5.10 Å². The van der Waals surface area contributed by atoms with Crippen molar-refractivity contribution in [3.63, 3.8) is 0 Å². The van der Waals surface area contributed by atoms with E-state index in [2.05, 4.69) is 15.2 Å². The molecule has 2 heterocycles. The molecule has 1 atom stereocenters. The zero-order valence-electron chi connectivity index (χ0n) is 9.40. The molecule has 0 aliphatic carbocycles. The van der Waals surface area contributed by atoms with Gasteiger partial charge >= 0.3 is 5.97 Å². The van der Waals surface area contributed by atoms with Crippen LogP contribution >= 0.6 is 0 Å². The van der Waals surface area contributed by atoms with E-state index in [9.17, 15) is 4.79 Å². The van der Waals surface area contributed by atoms with Crippen molar-refractivity contribution in [3.8, 4) is 0 Å². The van der Waals surface area contributed by atoms with E-state index in [1.165, 1.54) is 7.11 Å². The Bertz CT molecular complexity index is 383. The zero-order chi connectivity index (χ0) is 11.5. The summed E-state index contributed by atoms with van der Waals surface area (Å²) < 4.78 is 11.9. The minimum Gasteiger partial charge on any atom is -0.464 e. The number of nitrogens with zero attached hydrogens (tertiary/aromatic N) is 2. The molecule has 16 heavy (non-hydrogen) atoms. The smallest absolute Gasteiger partial charge is 0.358 e. The Kier molecular flexibility index (Phi) is 3.21. The minimum absolute atomic E-state index is 0.0512. The van der Waals surface area contributed by atoms with Crippen molar-refractivity contribution >= 4 is 5.97 Å². The Morgan fingerprint density at radius 3 is 3.19 bits per heavy atom. The summed E-state index contributed by atoms with van der Waals surface area (Å²) in [5, 5.41) is 7.32. The van der Waals surface area contributed by atoms with Crippen LogP contribution in [-0.2, 0) is 16.5 Å². The summed E-state index contributed by atoms with van der Waals surface area (Å²) in [5.41, 5.74) is 1.20. The quantitative estimate of drug-likeness (QED) is 0.710. The van der Waals surface area contributed by atoms with Crippen molar-refractivity contribution < 1.29 is 14.3 Å². The van der Waals surface area contributed by atoms with E-state index in [1.807, 2.05) is 0 Å². The van der Waals surface area contributed by atoms with E-state index in [-0.39, 0.29) is 6.10 Å². The first kappa shape index (κ1) is 11.1. The summed E-state index contributed by atoms with van der Waals surface area (Å²) in [6, 6.07) is 1.71. The SMILES string of the molecule is COC(=O)c1cc(C2CNCCO2)n(C)n1. The third-order valence-corrected chi connectivity index (χ3v) is 2.57. The number of carbonyl (C=O) groups excluding carboxylic acids is 1. The van der Waals surface area contributed by atoms with Crippen molar-refractivity contribution in [3.05, 3.63) is 17.5 Å². The van der Waals surface area contributed by atoms with Crippen LogP contribution in [0.1, 0.15) is 22.3 Å². The fourth-order valence-corrected chi connectivity index (χ4v) is 1.74. The number of methoxy groups -OCH3 is 1. The normalized spacial score (nSPS) is 20.8. The van der Waals surface area contributed by atoms with E-state index in [0.717, 1.165) is 18.8 Å². The number of morpholine rings is 1. The molecule has 1 aromatic rings. The van der Waals surface area contributed by atoms with E-state index in [1.54, 1.807) is 17.8 Å². The number of hydrogen-bond acceptors (Lipinski definition) is 5. The molecule has 6 heteroatoms. The van der Waals surface area contributed by atoms with Gasteiger partial charge in [0, 0.05) is 20.1 Å². The van der Waals surface area contributed by atoms with Gasteiger partial charge in [-0.3, -0.25) is 4.68 Å². The maximum Gasteiger partial charge on any atom is 0.358 e. The van der Waals surface area contributed by atoms with Crippen molar-refractivity contribution in [1.29, 1.82) is 0 Å². The van der Waals surface area contributed by atoms with E-state index in [4.69, 9.17) is 4.74 Å². The maximum atomic E-state index is 11.3. The first-order valence-corrected chi connectivity index (χ1v) is 5.17. The van der Waals surface area contributed by atoms with Gasteiger partial charge in [-0.25, -0.2) is 4.79 Å². The lowest BCUT2D eigenvalue weighted by Gasteiger charge is -2.23. The number of aromatic nitrogens is 2. The van der Waals surface area contributed by atoms with E-state index >= 15 is 0 Å². The lowest BCUT2D eigenvalue weighted by atomic mass is 10.2. The topological polar surface area (TPSA) is 65.4 Å². The van der Waals surface area contributed by atoms with Crippen LogP contribution < -0.4 is 5.32 Å². The van der Waals surface area contributed by atoms with Gasteiger partial charge in [-0.15, -0.1) is 0 Å². The van der Waals surface area contributed by atoms with Crippen LogP contribution in [0.4, 0.5) is 0 Å². The molecule has 1 saturated heterocycles. The van der Waals surface area contributed by atoms with Gasteiger partial charge in [0.05, 0.1) is 19.4 Å². The molecular formula is C10H15N3O3. The molecule has 0 radical (unpaired) electrons. The Hall–Kier alpha value is -1.40. The van der Waals surface area contributed by atoms with Crippen LogP contribution in [0.5, 0.6) is 0 Å². The zero-order valence-corrected chi connectivity index (χ0v) is 9.40. The second-order valence-electron chi connectivity index (χ2n) is 3.63. The largest absolute Gasteiger partial charge is 0.464 e. The first-order chi connectivity index (χ1) is 7.72. The van der Waals surface area contributed by atoms with Gasteiger partial charge in [-0.1, -0.05) is 0 Å². The number of aryl methyl sites for hydroxylation is 1. The Morgan fingerprint density at radius 2 is 2.56 bits per heavy atom. The highest BCUT2D eigenvalue weighted by atomic mass is 16.5. The number of ether oxygens (including phenoxy) is 2. The standard InChI is InChI=1S/C10H15N3O3/c1-13-8(9-6-11-3-4-16-9)5-7(12-13)10(14)15-2/h5,9,11H,3-4,6H2,1-2H3. The van der Waals surface area contributed by atoms with Crippen LogP contribution in [-0.4, -0.2) is 42.6 Å². The average molecular weight is 225 g/mol. The molecule has 0 amide bonds. The number of nitrogens with one attached hydrogen (secondary N) is 1. The average Bonchev–Trinajstić information content (AvgIpc) is 2.71. The second kappa shape index (κ2) is 4.63. The number of hydrogen-bond donors (Lipinski definition) is 1. The highest BCUT2D eigenvalue weighted by Gasteiger charge is 2.22. The molecule has 0 bridgehead atoms. The van der Waals surface area contributed by atoms with Crippen molar-refractivity contribution in [2.45, 2.75) is 6.10 Å². The van der Waals surface area contributed by atoms with Gasteiger partial charge < -0.3 is 14.8 Å². The minimum atomic E-state index is -0.425. The lowest BCUT2D eigenvalue weighted by molar-refractivity contribution is 0.0227. The van der Waals surface area contributed by atoms with Crippen LogP contribution in [0, 0.1) is 0 Å². The molecule has 6 nitrogen and oxygen atoms in total. The highest BCUT2D eigenvalue weighted by Crippen LogP contribution is 2.19. The van der Waals surface area contributed by atoms with Gasteiger partial charge in [0.15, 0.2) is 5.69 Å². The predicted octanol–water partition coefficient (Wildman–Crippen LogP) is -0.132. The highest BCUT2D eigenvalue weighted by molar-refractivity contribution is 5.87. The first-order valence-electron chi connectivity index (χ1n) is 5.17. The monoisotopic (exact) mass is 225 g/mol. The summed E-state index contributed by atoms with van der Waals surface area (Å²) in [6.07, 6.45) is -0.0512. The second-order valence-corrected chi connectivity index (χ2v) is 3.63. The summed E-state index contributed by atoms with van der Waals surface area (Å²) >= 11 is 0. The molecular weight excluding hydrogens is 210 g/mol. The fraction of sp³-hybridized carbons (Fsp3) is 0.600. The molecule has 1 unspecified atom stereocenters. The van der Waals surface area contributed by atoms with Crippen LogP contribution in [0.2, 0.25) is 0 Å². The molecule has 1 N–H and O–H groups in total. The molecule has 1 aromatic heterocycles. The van der Waals surface area contributed by atoms with Crippen LogP contribution in [0.25, 0.3) is 0 Å². The molecule has 0 spiro atoms. The third-order valence-electron chi connectivity index (χ3n) is 2.57. The number of esters is 1. The molecule has 1 fully saturated rings. The Balaban J connectivity index is 2.20. The molecule has 2 rings (SSSR count). The van der Waals surface area contributed by atoms with Crippen LogP contribution in [0.3, 0.4) is 0 Å². The molecule has 1 aliphatic rings. The summed E-state index contributed by atoms with van der Waals surface area (Å²) in [5.74, 6) is -0.425. The Labute approximate surface area is 93.5 Å². The molecule has 1 aliphatic heterocycles. The van der Waals surface area contributed by atoms with E-state index in [0.29, 0.717) is 12.3 Å². The maximum absolute atomic E-state index is 11.3. The van der Waals surface area contributed by atoms with Crippen molar-refractivity contribution in [2.75, 3.05) is 26.8 Å². The Morgan fingerprint density at radius 1 is 1.75 bits per heavy atom. The molecule has 0 saturated carbocycles. The predicted molar refractivity (Wildman–Crippen MR) is 56.1 cm³/mol. The van der Waals surface area contributed by atoms with Gasteiger partial charge in [0.25, 0.3) is 0 Å². The van der Waals surface area contributed by atoms with Crippen molar-refractivity contribution in [2.24, 2.45) is 7.05 Å². The summed E-state index contributed by atoms with van der Waals surface area (Å²) in [4.78, 5) is 11.3. The van der Waals surface area contributed by atoms with Gasteiger partial charge in [0.1, 0.15) is 6.10 Å². The molecule has 0 aromatic carbocycles. The molecule has 88 valence electrons. The number of rotatable bonds is 2. The third kappa shape index (κ3) is 2.07. The van der Waals surface area contributed by atoms with Crippen molar-refractivity contribution in [1.82, 2.24) is 15.1 Å². The summed E-state index contributed by atoms with van der Waals surface area (Å²) in [6.45, 7) is 2.27. The number of carbonyl (C=O) groups is 1. The van der Waals surface area contributed by atoms with Crippen LogP contribution in [0.15, 0.2) is 6.07 Å². The van der Waals surface area contributed by atoms with Gasteiger partial charge in [0.2, 0.25) is 0 Å². The van der Waals surface area contributed by atoms with E-state index < -0.39 is 5.97 Å². The summed E-state index contributed by atoms with van der Waals surface area (Å²) in [7, 11) is 3.13. The lowest BCUT2D eigenvalue weighted by Crippen LogP contribution is -2.34. The fourth-order valence-electron chi connectivity index (χ4n) is 1.74.